The van der Waals surface area contributed by atoms with Crippen LogP contribution in [0.2, 0.25) is 0 Å². The zero-order chi connectivity index (χ0) is 17.8. The van der Waals surface area contributed by atoms with Crippen molar-refractivity contribution in [1.29, 1.82) is 0 Å². The third-order valence-electron chi connectivity index (χ3n) is 5.13. The smallest absolute Gasteiger partial charge is 0.196 e. The maximum Gasteiger partial charge on any atom is 0.196 e. The molecule has 0 bridgehead atoms. The van der Waals surface area contributed by atoms with Gasteiger partial charge in [-0.15, -0.1) is 10.2 Å². The molecule has 2 aromatic carbocycles. The van der Waals surface area contributed by atoms with Gasteiger partial charge in [-0.25, -0.2) is 0 Å². The Morgan fingerprint density at radius 3 is 2.38 bits per heavy atom. The molecule has 1 saturated carbocycles. The zero-order valence-electron chi connectivity index (χ0n) is 15.3. The number of hydrogen-bond acceptors (Lipinski definition) is 3. The molecule has 1 aromatic heterocycles. The summed E-state index contributed by atoms with van der Waals surface area (Å²) >= 11 is 1.77. The minimum absolute atomic E-state index is 0.531. The van der Waals surface area contributed by atoms with Crippen molar-refractivity contribution in [3.63, 3.8) is 0 Å². The van der Waals surface area contributed by atoms with Gasteiger partial charge in [-0.05, 0) is 37.5 Å². The lowest BCUT2D eigenvalue weighted by atomic mass is 9.88. The monoisotopic (exact) mass is 363 g/mol. The van der Waals surface area contributed by atoms with Gasteiger partial charge < -0.3 is 0 Å². The Labute approximate surface area is 159 Å². The molecule has 1 aliphatic carbocycles. The van der Waals surface area contributed by atoms with Crippen LogP contribution in [0.4, 0.5) is 0 Å². The summed E-state index contributed by atoms with van der Waals surface area (Å²) in [4.78, 5) is 0. The number of hydrogen-bond donors (Lipinski definition) is 0. The number of benzene rings is 2. The van der Waals surface area contributed by atoms with Crippen LogP contribution in [0.5, 0.6) is 0 Å². The predicted molar refractivity (Wildman–Crippen MR) is 108 cm³/mol. The normalized spacial score (nSPS) is 15.3. The van der Waals surface area contributed by atoms with E-state index in [0.29, 0.717) is 5.92 Å². The van der Waals surface area contributed by atoms with E-state index in [2.05, 4.69) is 76.3 Å². The largest absolute Gasteiger partial charge is 0.274 e. The Hall–Kier alpha value is -2.07. The second kappa shape index (κ2) is 8.09. The predicted octanol–water partition coefficient (Wildman–Crippen LogP) is 5.92. The average molecular weight is 364 g/mol. The maximum absolute atomic E-state index is 4.64. The Morgan fingerprint density at radius 1 is 0.923 bits per heavy atom. The van der Waals surface area contributed by atoms with Gasteiger partial charge in [0.05, 0.1) is 0 Å². The minimum atomic E-state index is 0.531. The number of nitrogens with zero attached hydrogens (tertiary/aromatic N) is 3. The van der Waals surface area contributed by atoms with Crippen molar-refractivity contribution < 1.29 is 0 Å². The van der Waals surface area contributed by atoms with Gasteiger partial charge in [-0.2, -0.15) is 0 Å². The highest BCUT2D eigenvalue weighted by atomic mass is 32.2. The Balaban J connectivity index is 1.66. The lowest BCUT2D eigenvalue weighted by Crippen LogP contribution is -2.12. The Morgan fingerprint density at radius 2 is 1.65 bits per heavy atom. The van der Waals surface area contributed by atoms with E-state index < -0.39 is 0 Å². The SMILES string of the molecule is Cc1ccc(-n2c(SCc3ccccc3)nnc2C2CCCCC2)cc1. The van der Waals surface area contributed by atoms with Gasteiger partial charge in [0.15, 0.2) is 5.16 Å². The lowest BCUT2D eigenvalue weighted by Gasteiger charge is -2.22. The van der Waals surface area contributed by atoms with Gasteiger partial charge in [0.1, 0.15) is 5.82 Å². The van der Waals surface area contributed by atoms with Gasteiger partial charge in [0.2, 0.25) is 0 Å². The molecule has 4 rings (SSSR count). The average Bonchev–Trinajstić information content (AvgIpc) is 3.12. The first-order valence-electron chi connectivity index (χ1n) is 9.50. The van der Waals surface area contributed by atoms with Crippen LogP contribution in [0.25, 0.3) is 5.69 Å². The fraction of sp³-hybridized carbons (Fsp3) is 0.364. The molecule has 26 heavy (non-hydrogen) atoms. The summed E-state index contributed by atoms with van der Waals surface area (Å²) in [5.41, 5.74) is 3.77. The molecule has 0 N–H and O–H groups in total. The molecule has 0 unspecified atom stereocenters. The fourth-order valence-electron chi connectivity index (χ4n) is 3.66. The first kappa shape index (κ1) is 17.3. The van der Waals surface area contributed by atoms with Crippen molar-refractivity contribution in [2.75, 3.05) is 0 Å². The third kappa shape index (κ3) is 3.85. The van der Waals surface area contributed by atoms with Crippen LogP contribution in [0.15, 0.2) is 59.8 Å². The van der Waals surface area contributed by atoms with E-state index in [1.807, 2.05) is 0 Å². The van der Waals surface area contributed by atoms with E-state index in [0.717, 1.165) is 16.7 Å². The van der Waals surface area contributed by atoms with Crippen LogP contribution in [-0.4, -0.2) is 14.8 Å². The van der Waals surface area contributed by atoms with Crippen molar-refractivity contribution in [2.24, 2.45) is 0 Å². The van der Waals surface area contributed by atoms with Crippen molar-refractivity contribution >= 4 is 11.8 Å². The molecule has 0 atom stereocenters. The molecule has 4 heteroatoms. The molecule has 0 radical (unpaired) electrons. The highest BCUT2D eigenvalue weighted by Gasteiger charge is 2.24. The summed E-state index contributed by atoms with van der Waals surface area (Å²) in [6.45, 7) is 2.13. The second-order valence-corrected chi connectivity index (χ2v) is 8.06. The highest BCUT2D eigenvalue weighted by molar-refractivity contribution is 7.98. The van der Waals surface area contributed by atoms with E-state index in [1.54, 1.807) is 11.8 Å². The van der Waals surface area contributed by atoms with Crippen LogP contribution in [-0.2, 0) is 5.75 Å². The molecule has 0 spiro atoms. The van der Waals surface area contributed by atoms with E-state index in [4.69, 9.17) is 0 Å². The standard InChI is InChI=1S/C22H25N3S/c1-17-12-14-20(15-13-17)25-21(19-10-6-3-7-11-19)23-24-22(25)26-16-18-8-4-2-5-9-18/h2,4-5,8-9,12-15,19H,3,6-7,10-11,16H2,1H3. The number of aromatic nitrogens is 3. The van der Waals surface area contributed by atoms with Crippen molar-refractivity contribution in [3.05, 3.63) is 71.5 Å². The summed E-state index contributed by atoms with van der Waals surface area (Å²) in [7, 11) is 0. The summed E-state index contributed by atoms with van der Waals surface area (Å²) in [5.74, 6) is 2.59. The molecule has 3 aromatic rings. The summed E-state index contributed by atoms with van der Waals surface area (Å²) < 4.78 is 2.29. The molecular weight excluding hydrogens is 338 g/mol. The summed E-state index contributed by atoms with van der Waals surface area (Å²) in [6.07, 6.45) is 6.42. The number of rotatable bonds is 5. The topological polar surface area (TPSA) is 30.7 Å². The van der Waals surface area contributed by atoms with Crippen molar-refractivity contribution in [3.8, 4) is 5.69 Å². The molecule has 0 aliphatic heterocycles. The Bertz CT molecular complexity index is 834. The second-order valence-electron chi connectivity index (χ2n) is 7.12. The third-order valence-corrected chi connectivity index (χ3v) is 6.13. The fourth-order valence-corrected chi connectivity index (χ4v) is 4.57. The van der Waals surface area contributed by atoms with Gasteiger partial charge in [0, 0.05) is 17.4 Å². The first-order chi connectivity index (χ1) is 12.8. The Kier molecular flexibility index (Phi) is 5.40. The molecule has 1 aliphatic rings. The molecule has 1 fully saturated rings. The van der Waals surface area contributed by atoms with E-state index in [1.165, 1.54) is 48.9 Å². The molecular formula is C22H25N3S. The quantitative estimate of drug-likeness (QED) is 0.528. The van der Waals surface area contributed by atoms with Gasteiger partial charge in [0.25, 0.3) is 0 Å². The molecule has 3 nitrogen and oxygen atoms in total. The molecule has 1 heterocycles. The van der Waals surface area contributed by atoms with Gasteiger partial charge in [-0.3, -0.25) is 4.57 Å². The molecule has 0 amide bonds. The van der Waals surface area contributed by atoms with Gasteiger partial charge >= 0.3 is 0 Å². The summed E-state index contributed by atoms with van der Waals surface area (Å²) in [6, 6.07) is 19.3. The lowest BCUT2D eigenvalue weighted by molar-refractivity contribution is 0.423. The maximum atomic E-state index is 4.64. The van der Waals surface area contributed by atoms with Crippen molar-refractivity contribution in [2.45, 2.75) is 55.9 Å². The molecule has 0 saturated heterocycles. The summed E-state index contributed by atoms with van der Waals surface area (Å²) in [5, 5.41) is 10.2. The molecule has 134 valence electrons. The van der Waals surface area contributed by atoms with Crippen LogP contribution in [0.1, 0.15) is 55.0 Å². The van der Waals surface area contributed by atoms with Crippen LogP contribution >= 0.6 is 11.8 Å². The van der Waals surface area contributed by atoms with Crippen LogP contribution < -0.4 is 0 Å². The van der Waals surface area contributed by atoms with Crippen LogP contribution in [0.3, 0.4) is 0 Å². The zero-order valence-corrected chi connectivity index (χ0v) is 16.1. The van der Waals surface area contributed by atoms with Gasteiger partial charge in [-0.1, -0.05) is 79.1 Å². The number of aryl methyl sites for hydroxylation is 1. The van der Waals surface area contributed by atoms with E-state index in [9.17, 15) is 0 Å². The first-order valence-corrected chi connectivity index (χ1v) is 10.5. The van der Waals surface area contributed by atoms with Crippen LogP contribution in [0, 0.1) is 6.92 Å². The number of thioether (sulfide) groups is 1. The highest BCUT2D eigenvalue weighted by Crippen LogP contribution is 2.35. The van der Waals surface area contributed by atoms with E-state index >= 15 is 0 Å². The minimum Gasteiger partial charge on any atom is -0.274 e. The van der Waals surface area contributed by atoms with Crippen molar-refractivity contribution in [1.82, 2.24) is 14.8 Å². The van der Waals surface area contributed by atoms with E-state index in [-0.39, 0.29) is 0 Å².